The number of fused-ring (bicyclic) bond motifs is 1. The number of rotatable bonds is 4. The molecule has 2 aliphatic heterocycles. The zero-order chi connectivity index (χ0) is 19.3. The van der Waals surface area contributed by atoms with E-state index >= 15 is 0 Å². The molecule has 2 aliphatic rings. The second-order valence-corrected chi connectivity index (χ2v) is 8.97. The molecule has 0 bridgehead atoms. The molecule has 2 saturated heterocycles. The first kappa shape index (κ1) is 17.5. The fraction of sp³-hybridized carbons (Fsp3) is 0.500. The van der Waals surface area contributed by atoms with E-state index in [1.165, 1.54) is 18.2 Å². The smallest absolute Gasteiger partial charge is 0.254 e. The third kappa shape index (κ3) is 3.12. The molecule has 0 radical (unpaired) electrons. The van der Waals surface area contributed by atoms with Crippen molar-refractivity contribution in [1.82, 2.24) is 29.5 Å². The van der Waals surface area contributed by atoms with Crippen LogP contribution in [0.1, 0.15) is 23.9 Å². The Morgan fingerprint density at radius 3 is 3.00 bits per heavy atom. The number of carbonyl (C=O) groups is 1. The maximum Gasteiger partial charge on any atom is 0.254 e. The zero-order valence-electron chi connectivity index (χ0n) is 15.9. The Morgan fingerprint density at radius 1 is 1.32 bits per heavy atom. The summed E-state index contributed by atoms with van der Waals surface area (Å²) < 4.78 is 1.84. The monoisotopic (exact) mass is 398 g/mol. The Hall–Kier alpha value is -2.59. The van der Waals surface area contributed by atoms with Crippen molar-refractivity contribution < 1.29 is 4.79 Å². The van der Waals surface area contributed by atoms with Gasteiger partial charge < -0.3 is 10.2 Å². The molecule has 9 nitrogen and oxygen atoms in total. The lowest BCUT2D eigenvalue weighted by Gasteiger charge is -2.48. The van der Waals surface area contributed by atoms with Crippen LogP contribution in [-0.4, -0.2) is 61.6 Å². The van der Waals surface area contributed by atoms with Crippen molar-refractivity contribution in [1.29, 1.82) is 0 Å². The lowest BCUT2D eigenvalue weighted by Crippen LogP contribution is -2.56. The normalized spacial score (nSPS) is 18.7. The van der Waals surface area contributed by atoms with Crippen LogP contribution in [0.25, 0.3) is 5.78 Å². The van der Waals surface area contributed by atoms with Crippen molar-refractivity contribution in [2.24, 2.45) is 5.41 Å². The fourth-order valence-corrected chi connectivity index (χ4v) is 5.25. The first-order valence-corrected chi connectivity index (χ1v) is 10.2. The molecule has 0 aromatic carbocycles. The Kier molecular flexibility index (Phi) is 4.06. The zero-order valence-corrected chi connectivity index (χ0v) is 16.7. The number of carbonyl (C=O) groups excluding carboxylic acids is 1. The predicted octanol–water partition coefficient (Wildman–Crippen LogP) is 1.56. The van der Waals surface area contributed by atoms with E-state index in [9.17, 15) is 4.79 Å². The number of likely N-dealkylation sites (tertiary alicyclic amines) is 1. The average molecular weight is 398 g/mol. The first-order valence-electron chi connectivity index (χ1n) is 9.37. The molecular weight excluding hydrogens is 376 g/mol. The molecule has 1 N–H and O–H groups in total. The minimum Gasteiger partial charge on any atom is -0.356 e. The fourth-order valence-electron chi connectivity index (χ4n) is 4.35. The van der Waals surface area contributed by atoms with Crippen molar-refractivity contribution in [3.05, 3.63) is 29.2 Å². The number of amides is 1. The molecule has 5 rings (SSSR count). The number of nitrogens with zero attached hydrogens (tertiary/aromatic N) is 7. The van der Waals surface area contributed by atoms with Gasteiger partial charge in [0.05, 0.1) is 0 Å². The highest BCUT2D eigenvalue weighted by Crippen LogP contribution is 2.42. The van der Waals surface area contributed by atoms with Crippen LogP contribution in [-0.2, 0) is 11.3 Å². The third-order valence-electron chi connectivity index (χ3n) is 5.46. The second kappa shape index (κ2) is 6.49. The van der Waals surface area contributed by atoms with Gasteiger partial charge in [-0.25, -0.2) is 9.97 Å². The topological polar surface area (TPSA) is 91.5 Å². The van der Waals surface area contributed by atoms with Crippen LogP contribution in [0, 0.1) is 12.3 Å². The van der Waals surface area contributed by atoms with E-state index < -0.39 is 0 Å². The summed E-state index contributed by atoms with van der Waals surface area (Å²) in [6, 6.07) is 2.10. The highest BCUT2D eigenvalue weighted by molar-refractivity contribution is 7.15. The van der Waals surface area contributed by atoms with Crippen molar-refractivity contribution in [3.8, 4) is 0 Å². The molecule has 1 amide bonds. The largest absolute Gasteiger partial charge is 0.356 e. The molecule has 10 heteroatoms. The highest BCUT2D eigenvalue weighted by atomic mass is 32.1. The Labute approximate surface area is 166 Å². The molecule has 0 atom stereocenters. The predicted molar refractivity (Wildman–Crippen MR) is 106 cm³/mol. The summed E-state index contributed by atoms with van der Waals surface area (Å²) in [5.74, 6) is 1.66. The molecule has 2 fully saturated rings. The van der Waals surface area contributed by atoms with Gasteiger partial charge in [-0.05, 0) is 13.3 Å². The van der Waals surface area contributed by atoms with Crippen molar-refractivity contribution >= 4 is 34.0 Å². The summed E-state index contributed by atoms with van der Waals surface area (Å²) >= 11 is 1.55. The van der Waals surface area contributed by atoms with E-state index in [4.69, 9.17) is 0 Å². The van der Waals surface area contributed by atoms with Gasteiger partial charge in [0.15, 0.2) is 5.13 Å². The number of hydrogen-bond donors (Lipinski definition) is 1. The van der Waals surface area contributed by atoms with E-state index in [1.807, 2.05) is 17.6 Å². The standard InChI is InChI=1S/C18H22N8OS/c1-12-5-15(26-16(22-12)20-11-21-26)25-4-3-18(10-25)8-24(9-18)7-14-6-19-17(28-14)23-13(2)27/h5-6,11H,3-4,7-10H2,1-2H3,(H,19,23,27). The van der Waals surface area contributed by atoms with E-state index in [0.29, 0.717) is 16.3 Å². The van der Waals surface area contributed by atoms with Gasteiger partial charge in [0.2, 0.25) is 5.91 Å². The van der Waals surface area contributed by atoms with Crippen LogP contribution in [0.2, 0.25) is 0 Å². The van der Waals surface area contributed by atoms with Gasteiger partial charge in [-0.1, -0.05) is 0 Å². The Morgan fingerprint density at radius 2 is 2.18 bits per heavy atom. The molecule has 0 saturated carbocycles. The summed E-state index contributed by atoms with van der Waals surface area (Å²) in [5.41, 5.74) is 1.31. The van der Waals surface area contributed by atoms with Gasteiger partial charge in [-0.2, -0.15) is 14.6 Å². The van der Waals surface area contributed by atoms with Gasteiger partial charge in [0, 0.05) is 67.9 Å². The molecule has 146 valence electrons. The van der Waals surface area contributed by atoms with E-state index in [0.717, 1.165) is 44.2 Å². The summed E-state index contributed by atoms with van der Waals surface area (Å²) in [7, 11) is 0. The lowest BCUT2D eigenvalue weighted by atomic mass is 9.79. The van der Waals surface area contributed by atoms with Gasteiger partial charge in [0.1, 0.15) is 12.1 Å². The van der Waals surface area contributed by atoms with Crippen LogP contribution < -0.4 is 10.2 Å². The van der Waals surface area contributed by atoms with Crippen molar-refractivity contribution in [2.75, 3.05) is 36.4 Å². The number of nitrogens with one attached hydrogen (secondary N) is 1. The molecule has 0 aliphatic carbocycles. The third-order valence-corrected chi connectivity index (χ3v) is 6.35. The van der Waals surface area contributed by atoms with E-state index in [2.05, 4.69) is 41.2 Å². The molecule has 1 spiro atoms. The minimum absolute atomic E-state index is 0.0808. The number of anilines is 2. The van der Waals surface area contributed by atoms with Gasteiger partial charge in [-0.3, -0.25) is 9.69 Å². The van der Waals surface area contributed by atoms with Crippen LogP contribution >= 0.6 is 11.3 Å². The first-order chi connectivity index (χ1) is 13.5. The average Bonchev–Trinajstić information content (AvgIpc) is 3.32. The van der Waals surface area contributed by atoms with Crippen molar-refractivity contribution in [2.45, 2.75) is 26.8 Å². The molecule has 3 aromatic heterocycles. The summed E-state index contributed by atoms with van der Waals surface area (Å²) in [4.78, 5) is 30.1. The number of thiazole rings is 1. The van der Waals surface area contributed by atoms with Gasteiger partial charge in [-0.15, -0.1) is 11.3 Å². The lowest BCUT2D eigenvalue weighted by molar-refractivity contribution is -0.114. The summed E-state index contributed by atoms with van der Waals surface area (Å²) in [5, 5.41) is 7.77. The maximum atomic E-state index is 11.1. The number of hydrogen-bond acceptors (Lipinski definition) is 8. The van der Waals surface area contributed by atoms with Crippen LogP contribution in [0.15, 0.2) is 18.6 Å². The van der Waals surface area contributed by atoms with Crippen LogP contribution in [0.4, 0.5) is 10.9 Å². The summed E-state index contributed by atoms with van der Waals surface area (Å²) in [6.07, 6.45) is 4.61. The molecular formula is C18H22N8OS. The van der Waals surface area contributed by atoms with Crippen molar-refractivity contribution in [3.63, 3.8) is 0 Å². The Balaban J connectivity index is 1.23. The van der Waals surface area contributed by atoms with Crippen LogP contribution in [0.5, 0.6) is 0 Å². The Bertz CT molecular complexity index is 1040. The number of aryl methyl sites for hydroxylation is 1. The van der Waals surface area contributed by atoms with E-state index in [-0.39, 0.29) is 5.91 Å². The quantitative estimate of drug-likeness (QED) is 0.713. The van der Waals surface area contributed by atoms with Gasteiger partial charge in [0.25, 0.3) is 5.78 Å². The van der Waals surface area contributed by atoms with E-state index in [1.54, 1.807) is 17.7 Å². The van der Waals surface area contributed by atoms with Crippen LogP contribution in [0.3, 0.4) is 0 Å². The second-order valence-electron chi connectivity index (χ2n) is 7.86. The SMILES string of the molecule is CC(=O)Nc1ncc(CN2CC3(CCN(c4cc(C)nc5ncnn45)C3)C2)s1. The highest BCUT2D eigenvalue weighted by Gasteiger charge is 2.48. The minimum atomic E-state index is -0.0808. The molecule has 3 aromatic rings. The molecule has 5 heterocycles. The molecule has 28 heavy (non-hydrogen) atoms. The summed E-state index contributed by atoms with van der Waals surface area (Å²) in [6.45, 7) is 8.62. The van der Waals surface area contributed by atoms with Gasteiger partial charge >= 0.3 is 0 Å². The maximum absolute atomic E-state index is 11.1. The molecule has 0 unspecified atom stereocenters. The number of aromatic nitrogens is 5.